The summed E-state index contributed by atoms with van der Waals surface area (Å²) in [6, 6.07) is 15.0. The molecule has 2 N–H and O–H groups in total. The number of hydrogen-bond donors (Lipinski definition) is 2. The molecule has 0 aliphatic heterocycles. The number of para-hydroxylation sites is 1. The zero-order valence-electron chi connectivity index (χ0n) is 9.99. The second-order valence-corrected chi connectivity index (χ2v) is 3.87. The van der Waals surface area contributed by atoms with Crippen LogP contribution < -0.4 is 10.1 Å². The van der Waals surface area contributed by atoms with Gasteiger partial charge in [0.05, 0.1) is 0 Å². The van der Waals surface area contributed by atoms with Crippen molar-refractivity contribution in [3.05, 3.63) is 54.7 Å². The predicted octanol–water partition coefficient (Wildman–Crippen LogP) is 1.93. The van der Waals surface area contributed by atoms with E-state index in [-0.39, 0.29) is 6.61 Å². The fourth-order valence-electron chi connectivity index (χ4n) is 1.46. The second-order valence-electron chi connectivity index (χ2n) is 3.87. The van der Waals surface area contributed by atoms with Gasteiger partial charge in [0.25, 0.3) is 0 Å². The Morgan fingerprint density at radius 1 is 1.11 bits per heavy atom. The largest absolute Gasteiger partial charge is 0.491 e. The Kier molecular flexibility index (Phi) is 4.55. The average molecular weight is 244 g/mol. The van der Waals surface area contributed by atoms with Crippen LogP contribution in [0.1, 0.15) is 0 Å². The maximum Gasteiger partial charge on any atom is 0.125 e. The number of ether oxygens (including phenoxy) is 1. The van der Waals surface area contributed by atoms with Gasteiger partial charge >= 0.3 is 0 Å². The van der Waals surface area contributed by atoms with Gasteiger partial charge < -0.3 is 15.2 Å². The number of rotatable bonds is 6. The number of hydrogen-bond acceptors (Lipinski definition) is 4. The lowest BCUT2D eigenvalue weighted by Crippen LogP contribution is -2.26. The van der Waals surface area contributed by atoms with Crippen LogP contribution in [0.4, 0.5) is 5.82 Å². The molecule has 18 heavy (non-hydrogen) atoms. The lowest BCUT2D eigenvalue weighted by molar-refractivity contribution is 0.117. The summed E-state index contributed by atoms with van der Waals surface area (Å²) in [7, 11) is 0. The number of nitrogens with zero attached hydrogens (tertiary/aromatic N) is 1. The Balaban J connectivity index is 1.71. The molecule has 1 unspecified atom stereocenters. The SMILES string of the molecule is OC(CNc1ccccn1)COc1ccccc1. The van der Waals surface area contributed by atoms with E-state index in [1.165, 1.54) is 0 Å². The third kappa shape index (κ3) is 4.07. The first kappa shape index (κ1) is 12.4. The molecule has 0 saturated heterocycles. The first-order valence-electron chi connectivity index (χ1n) is 5.85. The van der Waals surface area contributed by atoms with Gasteiger partial charge in [0.15, 0.2) is 0 Å². The van der Waals surface area contributed by atoms with Crippen LogP contribution >= 0.6 is 0 Å². The van der Waals surface area contributed by atoms with Gasteiger partial charge in [-0.15, -0.1) is 0 Å². The van der Waals surface area contributed by atoms with E-state index in [4.69, 9.17) is 4.74 Å². The van der Waals surface area contributed by atoms with Crippen molar-refractivity contribution < 1.29 is 9.84 Å². The van der Waals surface area contributed by atoms with Crippen LogP contribution in [0.2, 0.25) is 0 Å². The molecule has 0 radical (unpaired) electrons. The molecule has 94 valence electrons. The zero-order valence-corrected chi connectivity index (χ0v) is 9.99. The van der Waals surface area contributed by atoms with Crippen molar-refractivity contribution in [2.75, 3.05) is 18.5 Å². The lowest BCUT2D eigenvalue weighted by atomic mass is 10.3. The summed E-state index contributed by atoms with van der Waals surface area (Å²) in [6.07, 6.45) is 1.13. The van der Waals surface area contributed by atoms with E-state index in [1.807, 2.05) is 48.5 Å². The number of nitrogens with one attached hydrogen (secondary N) is 1. The van der Waals surface area contributed by atoms with Gasteiger partial charge in [-0.1, -0.05) is 24.3 Å². The average Bonchev–Trinajstić information content (AvgIpc) is 2.45. The fourth-order valence-corrected chi connectivity index (χ4v) is 1.46. The molecule has 0 bridgehead atoms. The Morgan fingerprint density at radius 3 is 2.61 bits per heavy atom. The number of aromatic nitrogens is 1. The number of anilines is 1. The van der Waals surface area contributed by atoms with Crippen LogP contribution in [0.15, 0.2) is 54.7 Å². The third-order valence-corrected chi connectivity index (χ3v) is 2.37. The standard InChI is InChI=1S/C14H16N2O2/c17-12(10-16-14-8-4-5-9-15-14)11-18-13-6-2-1-3-7-13/h1-9,12,17H,10-11H2,(H,15,16). The molecule has 0 spiro atoms. The highest BCUT2D eigenvalue weighted by molar-refractivity contribution is 5.33. The lowest BCUT2D eigenvalue weighted by Gasteiger charge is -2.13. The summed E-state index contributed by atoms with van der Waals surface area (Å²) < 4.78 is 5.45. The summed E-state index contributed by atoms with van der Waals surface area (Å²) in [5.41, 5.74) is 0. The van der Waals surface area contributed by atoms with Crippen LogP contribution in [0.5, 0.6) is 5.75 Å². The van der Waals surface area contributed by atoms with Crippen molar-refractivity contribution in [3.63, 3.8) is 0 Å². The van der Waals surface area contributed by atoms with E-state index < -0.39 is 6.10 Å². The van der Waals surface area contributed by atoms with Gasteiger partial charge in [-0.05, 0) is 24.3 Å². The van der Waals surface area contributed by atoms with Gasteiger partial charge in [0, 0.05) is 12.7 Å². The Hall–Kier alpha value is -2.07. The van der Waals surface area contributed by atoms with Crippen molar-refractivity contribution in [2.45, 2.75) is 6.10 Å². The number of benzene rings is 1. The van der Waals surface area contributed by atoms with Gasteiger partial charge in [-0.3, -0.25) is 0 Å². The van der Waals surface area contributed by atoms with Gasteiger partial charge in [0.2, 0.25) is 0 Å². The highest BCUT2D eigenvalue weighted by Gasteiger charge is 2.05. The van der Waals surface area contributed by atoms with Crippen molar-refractivity contribution in [1.82, 2.24) is 4.98 Å². The second kappa shape index (κ2) is 6.61. The molecule has 4 nitrogen and oxygen atoms in total. The Bertz CT molecular complexity index is 404. The van der Waals surface area contributed by atoms with Crippen LogP contribution in [0.25, 0.3) is 0 Å². The smallest absolute Gasteiger partial charge is 0.125 e. The maximum absolute atomic E-state index is 9.76. The molecule has 2 aromatic rings. The Morgan fingerprint density at radius 2 is 1.89 bits per heavy atom. The molecule has 0 fully saturated rings. The minimum atomic E-state index is -0.577. The number of aliphatic hydroxyl groups excluding tert-OH is 1. The predicted molar refractivity (Wildman–Crippen MR) is 70.7 cm³/mol. The molecular weight excluding hydrogens is 228 g/mol. The van der Waals surface area contributed by atoms with Crippen LogP contribution in [-0.4, -0.2) is 29.3 Å². The van der Waals surface area contributed by atoms with Crippen molar-refractivity contribution in [2.24, 2.45) is 0 Å². The minimum Gasteiger partial charge on any atom is -0.491 e. The molecule has 2 rings (SSSR count). The third-order valence-electron chi connectivity index (χ3n) is 2.37. The van der Waals surface area contributed by atoms with E-state index in [0.29, 0.717) is 6.54 Å². The van der Waals surface area contributed by atoms with E-state index in [2.05, 4.69) is 10.3 Å². The fraction of sp³-hybridized carbons (Fsp3) is 0.214. The number of aliphatic hydroxyl groups is 1. The van der Waals surface area contributed by atoms with Crippen molar-refractivity contribution >= 4 is 5.82 Å². The zero-order chi connectivity index (χ0) is 12.6. The van der Waals surface area contributed by atoms with E-state index >= 15 is 0 Å². The molecular formula is C14H16N2O2. The Labute approximate surface area is 106 Å². The highest BCUT2D eigenvalue weighted by atomic mass is 16.5. The molecule has 0 aliphatic rings. The van der Waals surface area contributed by atoms with Crippen molar-refractivity contribution in [1.29, 1.82) is 0 Å². The summed E-state index contributed by atoms with van der Waals surface area (Å²) >= 11 is 0. The normalized spacial score (nSPS) is 11.8. The summed E-state index contributed by atoms with van der Waals surface area (Å²) in [5.74, 6) is 1.51. The van der Waals surface area contributed by atoms with Gasteiger partial charge in [-0.2, -0.15) is 0 Å². The highest BCUT2D eigenvalue weighted by Crippen LogP contribution is 2.08. The van der Waals surface area contributed by atoms with E-state index in [9.17, 15) is 5.11 Å². The molecule has 1 atom stereocenters. The molecule has 1 aromatic carbocycles. The first-order valence-corrected chi connectivity index (χ1v) is 5.85. The molecule has 1 heterocycles. The quantitative estimate of drug-likeness (QED) is 0.815. The van der Waals surface area contributed by atoms with Crippen molar-refractivity contribution in [3.8, 4) is 5.75 Å². The first-order chi connectivity index (χ1) is 8.84. The van der Waals surface area contributed by atoms with E-state index in [0.717, 1.165) is 11.6 Å². The maximum atomic E-state index is 9.76. The van der Waals surface area contributed by atoms with Gasteiger partial charge in [-0.25, -0.2) is 4.98 Å². The molecule has 4 heteroatoms. The van der Waals surface area contributed by atoms with Gasteiger partial charge in [0.1, 0.15) is 24.3 Å². The van der Waals surface area contributed by atoms with Crippen LogP contribution in [0, 0.1) is 0 Å². The molecule has 0 amide bonds. The monoisotopic (exact) mass is 244 g/mol. The number of pyridine rings is 1. The minimum absolute atomic E-state index is 0.254. The summed E-state index contributed by atoms with van der Waals surface area (Å²) in [5, 5.41) is 12.8. The van der Waals surface area contributed by atoms with Crippen LogP contribution in [0.3, 0.4) is 0 Å². The molecule has 0 saturated carbocycles. The summed E-state index contributed by atoms with van der Waals surface area (Å²) in [6.45, 7) is 0.660. The molecule has 1 aromatic heterocycles. The van der Waals surface area contributed by atoms with Crippen LogP contribution in [-0.2, 0) is 0 Å². The molecule has 0 aliphatic carbocycles. The topological polar surface area (TPSA) is 54.4 Å². The summed E-state index contributed by atoms with van der Waals surface area (Å²) in [4.78, 5) is 4.11. The van der Waals surface area contributed by atoms with E-state index in [1.54, 1.807) is 6.20 Å².